The van der Waals surface area contributed by atoms with Gasteiger partial charge in [0.1, 0.15) is 5.69 Å². The zero-order valence-electron chi connectivity index (χ0n) is 11.5. The first-order valence-corrected chi connectivity index (χ1v) is 7.32. The third kappa shape index (κ3) is 2.38. The highest BCUT2D eigenvalue weighted by atomic mass is 16.6. The molecule has 1 heterocycles. The number of hydrogen-bond acceptors (Lipinski definition) is 4. The van der Waals surface area contributed by atoms with E-state index in [1.54, 1.807) is 12.1 Å². The van der Waals surface area contributed by atoms with Crippen molar-refractivity contribution in [3.63, 3.8) is 0 Å². The quantitative estimate of drug-likeness (QED) is 0.681. The van der Waals surface area contributed by atoms with Gasteiger partial charge in [-0.2, -0.15) is 0 Å². The standard InChI is InChI=1S/C15H20N2O3/c18-10-11-5-6-14(17(19)20)15(7-11)16-8-12-3-1-2-4-13(12)9-16/h5-7,12-13,18H,1-4,8-10H2. The van der Waals surface area contributed by atoms with E-state index in [2.05, 4.69) is 4.90 Å². The Morgan fingerprint density at radius 1 is 1.25 bits per heavy atom. The molecule has 2 aliphatic rings. The fourth-order valence-electron chi connectivity index (χ4n) is 3.68. The molecular formula is C15H20N2O3. The van der Waals surface area contributed by atoms with Gasteiger partial charge in [0.25, 0.3) is 5.69 Å². The first kappa shape index (κ1) is 13.4. The summed E-state index contributed by atoms with van der Waals surface area (Å²) in [4.78, 5) is 13.0. The molecule has 0 radical (unpaired) electrons. The predicted molar refractivity (Wildman–Crippen MR) is 76.7 cm³/mol. The van der Waals surface area contributed by atoms with Crippen LogP contribution in [-0.4, -0.2) is 23.1 Å². The van der Waals surface area contributed by atoms with Crippen LogP contribution < -0.4 is 4.90 Å². The van der Waals surface area contributed by atoms with E-state index in [0.29, 0.717) is 17.5 Å². The van der Waals surface area contributed by atoms with E-state index < -0.39 is 0 Å². The maximum atomic E-state index is 11.2. The topological polar surface area (TPSA) is 66.6 Å². The normalized spacial score (nSPS) is 25.6. The van der Waals surface area contributed by atoms with Crippen molar-refractivity contribution in [2.45, 2.75) is 32.3 Å². The van der Waals surface area contributed by atoms with Gasteiger partial charge in [0.05, 0.1) is 11.5 Å². The maximum Gasteiger partial charge on any atom is 0.292 e. The number of anilines is 1. The molecule has 0 aromatic heterocycles. The number of hydrogen-bond donors (Lipinski definition) is 1. The van der Waals surface area contributed by atoms with Crippen molar-refractivity contribution in [1.82, 2.24) is 0 Å². The number of nitrogens with zero attached hydrogens (tertiary/aromatic N) is 2. The van der Waals surface area contributed by atoms with Gasteiger partial charge in [0, 0.05) is 19.2 Å². The summed E-state index contributed by atoms with van der Waals surface area (Å²) in [6, 6.07) is 4.92. The fourth-order valence-corrected chi connectivity index (χ4v) is 3.68. The second kappa shape index (κ2) is 5.40. The van der Waals surface area contributed by atoms with Crippen molar-refractivity contribution in [3.05, 3.63) is 33.9 Å². The highest BCUT2D eigenvalue weighted by molar-refractivity contribution is 5.65. The van der Waals surface area contributed by atoms with Crippen molar-refractivity contribution < 1.29 is 10.0 Å². The van der Waals surface area contributed by atoms with E-state index in [9.17, 15) is 15.2 Å². The first-order chi connectivity index (χ1) is 9.69. The van der Waals surface area contributed by atoms with Gasteiger partial charge in [-0.25, -0.2) is 0 Å². The number of nitro groups is 1. The number of fused-ring (bicyclic) bond motifs is 1. The summed E-state index contributed by atoms with van der Waals surface area (Å²) in [5.41, 5.74) is 1.57. The van der Waals surface area contributed by atoms with Gasteiger partial charge in [0.2, 0.25) is 0 Å². The molecule has 5 heteroatoms. The summed E-state index contributed by atoms with van der Waals surface area (Å²) in [6.45, 7) is 1.76. The van der Waals surface area contributed by atoms with Crippen LogP contribution in [0.5, 0.6) is 0 Å². The average molecular weight is 276 g/mol. The van der Waals surface area contributed by atoms with E-state index in [1.807, 2.05) is 0 Å². The van der Waals surface area contributed by atoms with Crippen LogP contribution in [0.4, 0.5) is 11.4 Å². The molecule has 0 bridgehead atoms. The lowest BCUT2D eigenvalue weighted by Gasteiger charge is -2.22. The summed E-state index contributed by atoms with van der Waals surface area (Å²) in [6.07, 6.45) is 5.06. The van der Waals surface area contributed by atoms with Gasteiger partial charge >= 0.3 is 0 Å². The second-order valence-electron chi connectivity index (χ2n) is 5.95. The molecule has 5 nitrogen and oxygen atoms in total. The van der Waals surface area contributed by atoms with Crippen LogP contribution in [0.25, 0.3) is 0 Å². The molecule has 3 rings (SSSR count). The molecule has 1 aromatic rings. The molecule has 0 amide bonds. The van der Waals surface area contributed by atoms with Crippen LogP contribution >= 0.6 is 0 Å². The Hall–Kier alpha value is -1.62. The molecule has 1 N–H and O–H groups in total. The highest BCUT2D eigenvalue weighted by Gasteiger charge is 2.36. The van der Waals surface area contributed by atoms with Crippen molar-refractivity contribution in [2.24, 2.45) is 11.8 Å². The lowest BCUT2D eigenvalue weighted by molar-refractivity contribution is -0.384. The molecule has 1 aliphatic heterocycles. The molecule has 0 spiro atoms. The number of nitro benzene ring substituents is 1. The van der Waals surface area contributed by atoms with E-state index in [-0.39, 0.29) is 17.2 Å². The molecule has 1 aromatic carbocycles. The van der Waals surface area contributed by atoms with Crippen LogP contribution in [0.1, 0.15) is 31.2 Å². The molecule has 1 saturated heterocycles. The zero-order chi connectivity index (χ0) is 14.1. The Bertz CT molecular complexity index is 504. The summed E-state index contributed by atoms with van der Waals surface area (Å²) in [7, 11) is 0. The second-order valence-corrected chi connectivity index (χ2v) is 5.95. The number of rotatable bonds is 3. The minimum atomic E-state index is -0.321. The molecule has 108 valence electrons. The van der Waals surface area contributed by atoms with Crippen molar-refractivity contribution in [3.8, 4) is 0 Å². The van der Waals surface area contributed by atoms with Crippen molar-refractivity contribution >= 4 is 11.4 Å². The molecule has 1 saturated carbocycles. The largest absolute Gasteiger partial charge is 0.392 e. The van der Waals surface area contributed by atoms with E-state index in [0.717, 1.165) is 18.7 Å². The van der Waals surface area contributed by atoms with Crippen LogP contribution in [0, 0.1) is 22.0 Å². The minimum Gasteiger partial charge on any atom is -0.392 e. The monoisotopic (exact) mass is 276 g/mol. The number of aliphatic hydroxyl groups excluding tert-OH is 1. The molecule has 1 aliphatic carbocycles. The summed E-state index contributed by atoms with van der Waals surface area (Å²) >= 11 is 0. The summed E-state index contributed by atoms with van der Waals surface area (Å²) < 4.78 is 0. The SMILES string of the molecule is O=[N+]([O-])c1ccc(CO)cc1N1CC2CCCCC2C1. The Labute approximate surface area is 118 Å². The van der Waals surface area contributed by atoms with Gasteiger partial charge < -0.3 is 10.0 Å². The van der Waals surface area contributed by atoms with Crippen LogP contribution in [-0.2, 0) is 6.61 Å². The minimum absolute atomic E-state index is 0.0777. The Balaban J connectivity index is 1.90. The molecule has 2 unspecified atom stereocenters. The van der Waals surface area contributed by atoms with Crippen LogP contribution in [0.3, 0.4) is 0 Å². The predicted octanol–water partition coefficient (Wildman–Crippen LogP) is 2.71. The maximum absolute atomic E-state index is 11.2. The van der Waals surface area contributed by atoms with Crippen LogP contribution in [0.15, 0.2) is 18.2 Å². The van der Waals surface area contributed by atoms with Gasteiger partial charge in [0.15, 0.2) is 0 Å². The highest BCUT2D eigenvalue weighted by Crippen LogP contribution is 2.40. The van der Waals surface area contributed by atoms with Gasteiger partial charge in [-0.1, -0.05) is 12.8 Å². The Kier molecular flexibility index (Phi) is 3.61. The van der Waals surface area contributed by atoms with Gasteiger partial charge in [-0.15, -0.1) is 0 Å². The summed E-state index contributed by atoms with van der Waals surface area (Å²) in [5.74, 6) is 1.36. The Morgan fingerprint density at radius 3 is 2.45 bits per heavy atom. The van der Waals surface area contributed by atoms with E-state index >= 15 is 0 Å². The Morgan fingerprint density at radius 2 is 1.90 bits per heavy atom. The van der Waals surface area contributed by atoms with Crippen molar-refractivity contribution in [2.75, 3.05) is 18.0 Å². The third-order valence-electron chi connectivity index (χ3n) is 4.74. The van der Waals surface area contributed by atoms with E-state index in [4.69, 9.17) is 0 Å². The summed E-state index contributed by atoms with van der Waals surface area (Å²) in [5, 5.41) is 20.5. The van der Waals surface area contributed by atoms with Crippen molar-refractivity contribution in [1.29, 1.82) is 0 Å². The molecule has 20 heavy (non-hydrogen) atoms. The number of benzene rings is 1. The van der Waals surface area contributed by atoms with E-state index in [1.165, 1.54) is 31.7 Å². The van der Waals surface area contributed by atoms with Crippen LogP contribution in [0.2, 0.25) is 0 Å². The molecule has 2 atom stereocenters. The van der Waals surface area contributed by atoms with Gasteiger partial charge in [-0.3, -0.25) is 10.1 Å². The lowest BCUT2D eigenvalue weighted by atomic mass is 9.82. The smallest absolute Gasteiger partial charge is 0.292 e. The van der Waals surface area contributed by atoms with Gasteiger partial charge in [-0.05, 0) is 42.4 Å². The molecular weight excluding hydrogens is 256 g/mol. The first-order valence-electron chi connectivity index (χ1n) is 7.32. The zero-order valence-corrected chi connectivity index (χ0v) is 11.5. The lowest BCUT2D eigenvalue weighted by Crippen LogP contribution is -2.21. The fraction of sp³-hybridized carbons (Fsp3) is 0.600. The number of aliphatic hydroxyl groups is 1. The third-order valence-corrected chi connectivity index (χ3v) is 4.74. The average Bonchev–Trinajstić information content (AvgIpc) is 2.90. The molecule has 2 fully saturated rings.